The van der Waals surface area contributed by atoms with E-state index in [1.165, 1.54) is 34.6 Å². The summed E-state index contributed by atoms with van der Waals surface area (Å²) in [7, 11) is 0. The quantitative estimate of drug-likeness (QED) is 0.797. The molecule has 3 nitrogen and oxygen atoms in total. The van der Waals surface area contributed by atoms with E-state index in [0.717, 1.165) is 6.54 Å². The minimum atomic E-state index is -0.174. The lowest BCUT2D eigenvalue weighted by atomic mass is 10.2. The zero-order chi connectivity index (χ0) is 11.4. The number of ether oxygens (including phenoxy) is 1. The van der Waals surface area contributed by atoms with Gasteiger partial charge in [-0.25, -0.2) is 0 Å². The molecule has 0 atom stereocenters. The number of thiophene rings is 1. The number of esters is 1. The minimum Gasteiger partial charge on any atom is -0.465 e. The Morgan fingerprint density at radius 2 is 2.44 bits per heavy atom. The number of aryl methyl sites for hydroxylation is 2. The molecule has 0 saturated carbocycles. The fourth-order valence-corrected chi connectivity index (χ4v) is 3.21. The fourth-order valence-electron chi connectivity index (χ4n) is 1.98. The summed E-state index contributed by atoms with van der Waals surface area (Å²) >= 11 is 1.87. The molecular formula is C12H17NO2S. The molecule has 0 amide bonds. The Labute approximate surface area is 99.8 Å². The van der Waals surface area contributed by atoms with Crippen LogP contribution < -0.4 is 5.32 Å². The highest BCUT2D eigenvalue weighted by Crippen LogP contribution is 2.30. The third-order valence-corrected chi connectivity index (χ3v) is 3.91. The van der Waals surface area contributed by atoms with E-state index in [4.69, 9.17) is 4.74 Å². The molecule has 1 aliphatic carbocycles. The van der Waals surface area contributed by atoms with Crippen LogP contribution in [0.25, 0.3) is 0 Å². The summed E-state index contributed by atoms with van der Waals surface area (Å²) in [5, 5.41) is 3.11. The number of rotatable bonds is 5. The topological polar surface area (TPSA) is 38.3 Å². The monoisotopic (exact) mass is 239 g/mol. The maximum absolute atomic E-state index is 11.1. The molecule has 1 aromatic rings. The molecule has 4 heteroatoms. The van der Waals surface area contributed by atoms with Gasteiger partial charge in [0.05, 0.1) is 13.2 Å². The summed E-state index contributed by atoms with van der Waals surface area (Å²) in [6.45, 7) is 3.35. The van der Waals surface area contributed by atoms with Gasteiger partial charge in [-0.1, -0.05) is 0 Å². The normalized spacial score (nSPS) is 13.8. The Morgan fingerprint density at radius 1 is 1.56 bits per heavy atom. The predicted octanol–water partition coefficient (Wildman–Crippen LogP) is 1.89. The van der Waals surface area contributed by atoms with Crippen LogP contribution in [-0.4, -0.2) is 19.1 Å². The Hall–Kier alpha value is -0.870. The van der Waals surface area contributed by atoms with Gasteiger partial charge in [-0.2, -0.15) is 0 Å². The van der Waals surface area contributed by atoms with Crippen molar-refractivity contribution in [1.29, 1.82) is 0 Å². The second-order valence-electron chi connectivity index (χ2n) is 3.92. The molecule has 1 N–H and O–H groups in total. The van der Waals surface area contributed by atoms with E-state index in [9.17, 15) is 4.79 Å². The van der Waals surface area contributed by atoms with Gasteiger partial charge in [0, 0.05) is 16.3 Å². The minimum absolute atomic E-state index is 0.174. The van der Waals surface area contributed by atoms with E-state index in [2.05, 4.69) is 11.4 Å². The first-order valence-electron chi connectivity index (χ1n) is 5.76. The summed E-state index contributed by atoms with van der Waals surface area (Å²) in [6.07, 6.45) is 3.76. The lowest BCUT2D eigenvalue weighted by Crippen LogP contribution is -2.23. The smallest absolute Gasteiger partial charge is 0.319 e. The van der Waals surface area contributed by atoms with Crippen molar-refractivity contribution in [2.45, 2.75) is 32.7 Å². The number of carbonyl (C=O) groups is 1. The van der Waals surface area contributed by atoms with Crippen molar-refractivity contribution in [2.75, 3.05) is 13.2 Å². The van der Waals surface area contributed by atoms with Crippen molar-refractivity contribution in [3.63, 3.8) is 0 Å². The molecule has 16 heavy (non-hydrogen) atoms. The van der Waals surface area contributed by atoms with Crippen molar-refractivity contribution < 1.29 is 9.53 Å². The number of hydrogen-bond acceptors (Lipinski definition) is 4. The third kappa shape index (κ3) is 2.83. The largest absolute Gasteiger partial charge is 0.465 e. The molecule has 1 heterocycles. The summed E-state index contributed by atoms with van der Waals surface area (Å²) in [4.78, 5) is 14.0. The third-order valence-electron chi connectivity index (χ3n) is 2.67. The Balaban J connectivity index is 1.75. The molecule has 0 aromatic carbocycles. The first kappa shape index (κ1) is 11.6. The summed E-state index contributed by atoms with van der Waals surface area (Å²) in [5.41, 5.74) is 1.51. The molecule has 2 rings (SSSR count). The second-order valence-corrected chi connectivity index (χ2v) is 5.14. The van der Waals surface area contributed by atoms with Crippen molar-refractivity contribution in [3.05, 3.63) is 21.4 Å². The van der Waals surface area contributed by atoms with Crippen LogP contribution in [-0.2, 0) is 28.9 Å². The van der Waals surface area contributed by atoms with Gasteiger partial charge in [0.25, 0.3) is 0 Å². The molecule has 0 radical (unpaired) electrons. The molecule has 0 spiro atoms. The van der Waals surface area contributed by atoms with Crippen LogP contribution in [0.5, 0.6) is 0 Å². The van der Waals surface area contributed by atoms with Crippen LogP contribution in [0.2, 0.25) is 0 Å². The maximum Gasteiger partial charge on any atom is 0.319 e. The van der Waals surface area contributed by atoms with E-state index < -0.39 is 0 Å². The Kier molecular flexibility index (Phi) is 3.96. The highest BCUT2D eigenvalue weighted by atomic mass is 32.1. The van der Waals surface area contributed by atoms with Crippen LogP contribution in [0.3, 0.4) is 0 Å². The van der Waals surface area contributed by atoms with Gasteiger partial charge in [-0.15, -0.1) is 11.3 Å². The van der Waals surface area contributed by atoms with Crippen molar-refractivity contribution >= 4 is 17.3 Å². The van der Waals surface area contributed by atoms with Crippen LogP contribution in [0.4, 0.5) is 0 Å². The van der Waals surface area contributed by atoms with Gasteiger partial charge in [-0.05, 0) is 37.8 Å². The molecule has 0 fully saturated rings. The van der Waals surface area contributed by atoms with Gasteiger partial charge >= 0.3 is 5.97 Å². The van der Waals surface area contributed by atoms with E-state index in [1.54, 1.807) is 0 Å². The molecule has 1 aliphatic rings. The summed E-state index contributed by atoms with van der Waals surface area (Å²) in [6, 6.07) is 2.27. The first-order chi connectivity index (χ1) is 7.79. The summed E-state index contributed by atoms with van der Waals surface area (Å²) < 4.78 is 4.84. The van der Waals surface area contributed by atoms with Gasteiger partial charge in [-0.3, -0.25) is 4.79 Å². The second kappa shape index (κ2) is 5.46. The van der Waals surface area contributed by atoms with Gasteiger partial charge < -0.3 is 10.1 Å². The average Bonchev–Trinajstić information content (AvgIpc) is 2.78. The SMILES string of the molecule is CCOC(=O)CNCc1cc2c(s1)CCC2. The zero-order valence-electron chi connectivity index (χ0n) is 9.54. The zero-order valence-corrected chi connectivity index (χ0v) is 10.4. The molecular weight excluding hydrogens is 222 g/mol. The molecule has 0 unspecified atom stereocenters. The summed E-state index contributed by atoms with van der Waals surface area (Å²) in [5.74, 6) is -0.174. The molecule has 0 bridgehead atoms. The van der Waals surface area contributed by atoms with Crippen LogP contribution >= 0.6 is 11.3 Å². The van der Waals surface area contributed by atoms with Crippen molar-refractivity contribution in [2.24, 2.45) is 0 Å². The highest BCUT2D eigenvalue weighted by molar-refractivity contribution is 7.12. The first-order valence-corrected chi connectivity index (χ1v) is 6.58. The Bertz CT molecular complexity index is 352. The highest BCUT2D eigenvalue weighted by Gasteiger charge is 2.14. The number of hydrogen-bond donors (Lipinski definition) is 1. The van der Waals surface area contributed by atoms with Gasteiger partial charge in [0.15, 0.2) is 0 Å². The van der Waals surface area contributed by atoms with E-state index >= 15 is 0 Å². The van der Waals surface area contributed by atoms with Crippen LogP contribution in [0.1, 0.15) is 28.7 Å². The number of nitrogens with one attached hydrogen (secondary N) is 1. The lowest BCUT2D eigenvalue weighted by Gasteiger charge is -2.02. The van der Waals surface area contributed by atoms with E-state index in [1.807, 2.05) is 18.3 Å². The Morgan fingerprint density at radius 3 is 3.19 bits per heavy atom. The predicted molar refractivity (Wildman–Crippen MR) is 64.7 cm³/mol. The maximum atomic E-state index is 11.1. The van der Waals surface area contributed by atoms with Gasteiger partial charge in [0.1, 0.15) is 0 Å². The lowest BCUT2D eigenvalue weighted by molar-refractivity contribution is -0.142. The standard InChI is InChI=1S/C12H17NO2S/c1-2-15-12(14)8-13-7-10-6-9-4-3-5-11(9)16-10/h6,13H,2-5,7-8H2,1H3. The van der Waals surface area contributed by atoms with E-state index in [-0.39, 0.29) is 5.97 Å². The molecule has 1 aromatic heterocycles. The average molecular weight is 239 g/mol. The fraction of sp³-hybridized carbons (Fsp3) is 0.583. The molecule has 88 valence electrons. The molecule has 0 aliphatic heterocycles. The molecule has 0 saturated heterocycles. The van der Waals surface area contributed by atoms with Crippen molar-refractivity contribution in [3.8, 4) is 0 Å². The van der Waals surface area contributed by atoms with Crippen LogP contribution in [0.15, 0.2) is 6.07 Å². The van der Waals surface area contributed by atoms with Crippen LogP contribution in [0, 0.1) is 0 Å². The number of carbonyl (C=O) groups excluding carboxylic acids is 1. The van der Waals surface area contributed by atoms with Gasteiger partial charge in [0.2, 0.25) is 0 Å². The van der Waals surface area contributed by atoms with E-state index in [0.29, 0.717) is 13.2 Å². The van der Waals surface area contributed by atoms with Crippen molar-refractivity contribution in [1.82, 2.24) is 5.32 Å². The number of fused-ring (bicyclic) bond motifs is 1.